The Balaban J connectivity index is 0.000000293. The molecule has 5 rings (SSSR count). The van der Waals surface area contributed by atoms with Crippen LogP contribution in [0.5, 0.6) is 0 Å². The third kappa shape index (κ3) is 9.00. The van der Waals surface area contributed by atoms with E-state index in [1.807, 2.05) is 36.4 Å². The van der Waals surface area contributed by atoms with Crippen LogP contribution in [-0.2, 0) is 30.7 Å². The van der Waals surface area contributed by atoms with Crippen LogP contribution < -0.4 is 24.8 Å². The van der Waals surface area contributed by atoms with Crippen molar-refractivity contribution in [2.45, 2.75) is 47.0 Å². The van der Waals surface area contributed by atoms with E-state index in [-0.39, 0.29) is 24.8 Å². The van der Waals surface area contributed by atoms with E-state index < -0.39 is 0 Å². The molecule has 4 aromatic rings. The minimum absolute atomic E-state index is 0. The van der Waals surface area contributed by atoms with Crippen molar-refractivity contribution in [2.24, 2.45) is 11.8 Å². The molecule has 0 bridgehead atoms. The summed E-state index contributed by atoms with van der Waals surface area (Å²) in [5, 5.41) is 2.57. The summed E-state index contributed by atoms with van der Waals surface area (Å²) in [4.78, 5) is 0. The van der Waals surface area contributed by atoms with Gasteiger partial charge in [0.1, 0.15) is 0 Å². The van der Waals surface area contributed by atoms with Gasteiger partial charge < -0.3 is 24.8 Å². The van der Waals surface area contributed by atoms with Crippen LogP contribution in [0.1, 0.15) is 51.7 Å². The van der Waals surface area contributed by atoms with Gasteiger partial charge in [-0.15, -0.1) is 40.6 Å². The Morgan fingerprint density at radius 2 is 1.47 bits per heavy atom. The largest absolute Gasteiger partial charge is 1.00 e. The summed E-state index contributed by atoms with van der Waals surface area (Å²) in [6, 6.07) is 32.7. The molecule has 34 heavy (non-hydrogen) atoms. The zero-order chi connectivity index (χ0) is 22.9. The van der Waals surface area contributed by atoms with Crippen LogP contribution in [0.2, 0.25) is 0 Å². The summed E-state index contributed by atoms with van der Waals surface area (Å²) in [6.07, 6.45) is 3.73. The van der Waals surface area contributed by atoms with Gasteiger partial charge in [0.15, 0.2) is 0 Å². The summed E-state index contributed by atoms with van der Waals surface area (Å²) in [5.74, 6) is 1.71. The van der Waals surface area contributed by atoms with Gasteiger partial charge in [-0.05, 0) is 17.5 Å². The average Bonchev–Trinajstić information content (AvgIpc) is 3.45. The minimum Gasteiger partial charge on any atom is -1.00 e. The number of hydrogen-bond donors (Lipinski definition) is 0. The molecule has 0 unspecified atom stereocenters. The van der Waals surface area contributed by atoms with Crippen LogP contribution >= 0.6 is 0 Å². The quantitative estimate of drug-likeness (QED) is 0.292. The monoisotopic (exact) mass is 566 g/mol. The fourth-order valence-corrected chi connectivity index (χ4v) is 6.22. The van der Waals surface area contributed by atoms with Gasteiger partial charge in [0.05, 0.1) is 0 Å². The molecule has 0 aliphatic heterocycles. The third-order valence-electron chi connectivity index (χ3n) is 5.48. The second kappa shape index (κ2) is 15.6. The molecule has 0 radical (unpaired) electrons. The first-order chi connectivity index (χ1) is 15.5. The first kappa shape index (κ1) is 30.6. The summed E-state index contributed by atoms with van der Waals surface area (Å²) in [6.45, 7) is 9.18. The van der Waals surface area contributed by atoms with Crippen LogP contribution in [0.3, 0.4) is 0 Å². The maximum absolute atomic E-state index is 3.39. The minimum atomic E-state index is 0. The van der Waals surface area contributed by atoms with Crippen LogP contribution in [0.4, 0.5) is 0 Å². The van der Waals surface area contributed by atoms with Crippen molar-refractivity contribution in [3.8, 4) is 11.1 Å². The van der Waals surface area contributed by atoms with E-state index in [1.165, 1.54) is 45.9 Å². The van der Waals surface area contributed by atoms with Crippen molar-refractivity contribution in [3.05, 3.63) is 102 Å². The summed E-state index contributed by atoms with van der Waals surface area (Å²) in [5.41, 5.74) is 5.65. The molecule has 0 amide bonds. The Hall–Kier alpha value is -1.40. The molecule has 3 heteroatoms. The Kier molecular flexibility index (Phi) is 14.0. The van der Waals surface area contributed by atoms with Crippen LogP contribution in [-0.4, -0.2) is 3.21 Å². The van der Waals surface area contributed by atoms with Gasteiger partial charge in [0.25, 0.3) is 0 Å². The summed E-state index contributed by atoms with van der Waals surface area (Å²) in [7, 11) is 0. The molecule has 0 aromatic heterocycles. The van der Waals surface area contributed by atoms with Gasteiger partial charge in [-0.25, -0.2) is 12.1 Å². The predicted octanol–water partition coefficient (Wildman–Crippen LogP) is 2.42. The fraction of sp³-hybridized carbons (Fsp3) is 0.290. The molecule has 4 aromatic carbocycles. The number of fused-ring (bicyclic) bond motifs is 5. The van der Waals surface area contributed by atoms with Crippen molar-refractivity contribution in [2.75, 3.05) is 0 Å². The molecule has 0 atom stereocenters. The van der Waals surface area contributed by atoms with E-state index in [2.05, 4.69) is 82.3 Å². The molecule has 1 aliphatic carbocycles. The SMILES string of the molecule is CC(C)C[C](=[Zr+2])CC(C)C.[Cl-].[Cl-].[c-]1cccc2ccc3c(c12)Cc1ccccc1-3.c1cc[cH-]c1. The molecule has 0 nitrogen and oxygen atoms in total. The summed E-state index contributed by atoms with van der Waals surface area (Å²) < 4.78 is 1.75. The Morgan fingerprint density at radius 1 is 0.824 bits per heavy atom. The maximum atomic E-state index is 3.39. The van der Waals surface area contributed by atoms with Gasteiger partial charge in [-0.1, -0.05) is 42.0 Å². The number of halogens is 2. The van der Waals surface area contributed by atoms with Crippen molar-refractivity contribution >= 4 is 14.0 Å². The molecular formula is C31H34Cl2Zr-2. The van der Waals surface area contributed by atoms with Gasteiger partial charge in [0, 0.05) is 0 Å². The number of benzene rings is 3. The van der Waals surface area contributed by atoms with E-state index in [0.29, 0.717) is 0 Å². The molecule has 0 spiro atoms. The molecule has 0 heterocycles. The Labute approximate surface area is 233 Å². The summed E-state index contributed by atoms with van der Waals surface area (Å²) >= 11 is 1.65. The molecular weight excluding hydrogens is 534 g/mol. The van der Waals surface area contributed by atoms with Gasteiger partial charge in [0.2, 0.25) is 0 Å². The first-order valence-corrected chi connectivity index (χ1v) is 12.9. The normalized spacial score (nSPS) is 10.7. The van der Waals surface area contributed by atoms with Gasteiger partial charge in [-0.2, -0.15) is 18.2 Å². The van der Waals surface area contributed by atoms with Gasteiger partial charge in [-0.3, -0.25) is 0 Å². The van der Waals surface area contributed by atoms with E-state index in [1.54, 1.807) is 27.4 Å². The molecule has 0 fully saturated rings. The first-order valence-electron chi connectivity index (χ1n) is 11.7. The molecule has 0 N–H and O–H groups in total. The zero-order valence-electron chi connectivity index (χ0n) is 20.6. The topological polar surface area (TPSA) is 0 Å². The third-order valence-corrected chi connectivity index (χ3v) is 6.49. The molecule has 0 saturated carbocycles. The van der Waals surface area contributed by atoms with E-state index in [9.17, 15) is 0 Å². The van der Waals surface area contributed by atoms with Crippen molar-refractivity contribution < 1.29 is 49.0 Å². The van der Waals surface area contributed by atoms with E-state index in [0.717, 1.165) is 18.3 Å². The maximum Gasteiger partial charge on any atom is -0.0246 e. The van der Waals surface area contributed by atoms with E-state index in [4.69, 9.17) is 0 Å². The molecule has 178 valence electrons. The van der Waals surface area contributed by atoms with Crippen molar-refractivity contribution in [1.29, 1.82) is 0 Å². The van der Waals surface area contributed by atoms with Crippen molar-refractivity contribution in [3.63, 3.8) is 0 Å². The number of rotatable bonds is 4. The molecule has 0 saturated heterocycles. The van der Waals surface area contributed by atoms with Crippen LogP contribution in [0, 0.1) is 17.9 Å². The Bertz CT molecular complexity index is 1100. The Morgan fingerprint density at radius 3 is 2.06 bits per heavy atom. The van der Waals surface area contributed by atoms with E-state index >= 15 is 0 Å². The average molecular weight is 569 g/mol. The van der Waals surface area contributed by atoms with Gasteiger partial charge >= 0.3 is 79.8 Å². The molecule has 1 aliphatic rings. The fourth-order valence-electron chi connectivity index (χ4n) is 4.21. The second-order valence-corrected chi connectivity index (χ2v) is 11.1. The predicted molar refractivity (Wildman–Crippen MR) is 137 cm³/mol. The zero-order valence-corrected chi connectivity index (χ0v) is 24.6. The number of hydrogen-bond acceptors (Lipinski definition) is 0. The van der Waals surface area contributed by atoms with Crippen molar-refractivity contribution in [1.82, 2.24) is 0 Å². The van der Waals surface area contributed by atoms with Crippen LogP contribution in [0.15, 0.2) is 84.9 Å². The standard InChI is InChI=1S/C17H11.C9H18.C5H5.2ClH.Zr/c1-3-7-14-12(5-1)9-10-16-15-8-4-2-6-13(15)11-17(14)16;1-8(2)6-5-7-9(3)4;1-2-4-5-3-1;;;/h1-6,8-10H,11H2;8-9H,6-7H2,1-4H3;1-5H;2*1H;/q-1;;-1;;;+2/p-2. The second-order valence-electron chi connectivity index (χ2n) is 9.32. The smallest absolute Gasteiger partial charge is 0.0246 e. The van der Waals surface area contributed by atoms with Crippen LogP contribution in [0.25, 0.3) is 21.9 Å².